The van der Waals surface area contributed by atoms with Crippen molar-refractivity contribution in [2.24, 2.45) is 5.34 Å². The maximum absolute atomic E-state index is 8.11. The normalized spacial score (nSPS) is 12.5. The molecule has 1 N–H and O–H groups in total. The van der Waals surface area contributed by atoms with Crippen LogP contribution in [-0.2, 0) is 20.9 Å². The monoisotopic (exact) mass is 588 g/mol. The van der Waals surface area contributed by atoms with E-state index in [1.54, 1.807) is 17.7 Å². The molecule has 1 unspecified atom stereocenters. The second-order valence-corrected chi connectivity index (χ2v) is 16.9. The van der Waals surface area contributed by atoms with Gasteiger partial charge in [0.15, 0.2) is 11.6 Å². The Morgan fingerprint density at radius 3 is 2.52 bits per heavy atom. The Kier molecular flexibility index (Phi) is 11.9. The maximum atomic E-state index is 8.11. The Hall–Kier alpha value is -2.97. The van der Waals surface area contributed by atoms with E-state index in [0.29, 0.717) is 19.9 Å². The molecule has 11 nitrogen and oxygen atoms in total. The van der Waals surface area contributed by atoms with Crippen molar-refractivity contribution < 1.29 is 19.4 Å². The Labute approximate surface area is 240 Å². The molecule has 40 heavy (non-hydrogen) atoms. The molecule has 218 valence electrons. The minimum absolute atomic E-state index is 0.115. The highest BCUT2D eigenvalue weighted by Gasteiger charge is 2.21. The fraction of sp³-hybridized carbons (Fsp3) is 0.519. The average molecular weight is 589 g/mol. The van der Waals surface area contributed by atoms with E-state index in [-0.39, 0.29) is 12.3 Å². The summed E-state index contributed by atoms with van der Waals surface area (Å²) in [4.78, 5) is 18.3. The standard InChI is InChI=1S/C27H39N5O3SSi.HNO2/c1-7-23(20-14-24(36-17-20)27(34-8-2)35-9-3)32-16-21(15-30-32)25-22-10-11-31(26(22)29-18-28-25)19-33-12-13-37(4,5)6;2-1-3/h10-11,14-18,23,27H,7-9,12-13,19H2,1-6H3;(H,2,3). The van der Waals surface area contributed by atoms with Crippen molar-refractivity contribution in [2.75, 3.05) is 19.8 Å². The molecule has 0 aromatic carbocycles. The van der Waals surface area contributed by atoms with Crippen LogP contribution in [0.25, 0.3) is 22.3 Å². The molecule has 0 spiro atoms. The van der Waals surface area contributed by atoms with Gasteiger partial charge in [-0.3, -0.25) is 4.68 Å². The molecule has 0 saturated carbocycles. The molecule has 4 rings (SSSR count). The Morgan fingerprint density at radius 1 is 1.15 bits per heavy atom. The molecular formula is C27H40N6O5SSi. The number of hydrogen-bond acceptors (Lipinski definition) is 9. The smallest absolute Gasteiger partial charge is 0.193 e. The zero-order chi connectivity index (χ0) is 29.1. The van der Waals surface area contributed by atoms with Crippen LogP contribution in [0.5, 0.6) is 0 Å². The van der Waals surface area contributed by atoms with Gasteiger partial charge in [0.2, 0.25) is 0 Å². The minimum Gasteiger partial charge on any atom is -0.379 e. The van der Waals surface area contributed by atoms with E-state index in [9.17, 15) is 0 Å². The van der Waals surface area contributed by atoms with Crippen molar-refractivity contribution in [3.8, 4) is 11.3 Å². The van der Waals surface area contributed by atoms with E-state index >= 15 is 0 Å². The molecule has 0 fully saturated rings. The van der Waals surface area contributed by atoms with Gasteiger partial charge in [-0.25, -0.2) is 9.97 Å². The highest BCUT2D eigenvalue weighted by Crippen LogP contribution is 2.33. The third kappa shape index (κ3) is 8.27. The first-order valence-electron chi connectivity index (χ1n) is 13.5. The lowest BCUT2D eigenvalue weighted by Gasteiger charge is -2.16. The van der Waals surface area contributed by atoms with Crippen molar-refractivity contribution in [3.63, 3.8) is 0 Å². The first-order valence-corrected chi connectivity index (χ1v) is 18.0. The Morgan fingerprint density at radius 2 is 1.88 bits per heavy atom. The van der Waals surface area contributed by atoms with Gasteiger partial charge in [0, 0.05) is 51.2 Å². The summed E-state index contributed by atoms with van der Waals surface area (Å²) in [5.41, 5.74) is 3.93. The molecule has 0 aliphatic rings. The quantitative estimate of drug-likeness (QED) is 0.0555. The second kappa shape index (κ2) is 15.1. The zero-order valence-corrected chi connectivity index (χ0v) is 25.9. The van der Waals surface area contributed by atoms with E-state index in [1.807, 2.05) is 35.5 Å². The van der Waals surface area contributed by atoms with Gasteiger partial charge in [-0.05, 0) is 49.4 Å². The van der Waals surface area contributed by atoms with E-state index < -0.39 is 8.07 Å². The topological polar surface area (TPSA) is 126 Å². The van der Waals surface area contributed by atoms with E-state index in [4.69, 9.17) is 29.4 Å². The SMILES string of the molecule is CCOC(OCC)c1cc(C(CC)n2cc(-c3ncnc4c3ccn4COCC[Si](C)(C)C)cn2)cs1.O=NO. The van der Waals surface area contributed by atoms with Crippen LogP contribution in [0.3, 0.4) is 0 Å². The van der Waals surface area contributed by atoms with Crippen LogP contribution in [0.4, 0.5) is 0 Å². The molecule has 1 atom stereocenters. The molecule has 0 aliphatic heterocycles. The van der Waals surface area contributed by atoms with Gasteiger partial charge in [0.25, 0.3) is 0 Å². The van der Waals surface area contributed by atoms with Crippen molar-refractivity contribution in [2.45, 2.75) is 71.9 Å². The molecule has 0 bridgehead atoms. The van der Waals surface area contributed by atoms with Crippen LogP contribution in [0.1, 0.15) is 50.0 Å². The van der Waals surface area contributed by atoms with E-state index in [0.717, 1.165) is 46.2 Å². The molecule has 13 heteroatoms. The summed E-state index contributed by atoms with van der Waals surface area (Å²) in [6.45, 7) is 15.7. The highest BCUT2D eigenvalue weighted by atomic mass is 32.1. The summed E-state index contributed by atoms with van der Waals surface area (Å²) < 4.78 is 21.6. The zero-order valence-electron chi connectivity index (χ0n) is 24.1. The van der Waals surface area contributed by atoms with Crippen molar-refractivity contribution in [1.82, 2.24) is 24.3 Å². The van der Waals surface area contributed by atoms with Gasteiger partial charge >= 0.3 is 0 Å². The molecule has 4 heterocycles. The summed E-state index contributed by atoms with van der Waals surface area (Å²) in [5, 5.41) is 15.8. The van der Waals surface area contributed by atoms with Crippen molar-refractivity contribution in [1.29, 1.82) is 0 Å². The van der Waals surface area contributed by atoms with Crippen LogP contribution in [0, 0.1) is 4.91 Å². The van der Waals surface area contributed by atoms with Crippen LogP contribution >= 0.6 is 11.3 Å². The largest absolute Gasteiger partial charge is 0.379 e. The predicted octanol–water partition coefficient (Wildman–Crippen LogP) is 6.88. The number of fused-ring (bicyclic) bond motifs is 1. The minimum atomic E-state index is -1.11. The molecule has 0 amide bonds. The van der Waals surface area contributed by atoms with Gasteiger partial charge < -0.3 is 24.0 Å². The Bertz CT molecular complexity index is 1330. The van der Waals surface area contributed by atoms with Gasteiger partial charge in [-0.1, -0.05) is 26.6 Å². The maximum Gasteiger partial charge on any atom is 0.193 e. The highest BCUT2D eigenvalue weighted by molar-refractivity contribution is 7.10. The van der Waals surface area contributed by atoms with E-state index in [1.165, 1.54) is 10.9 Å². The molecule has 0 saturated heterocycles. The predicted molar refractivity (Wildman–Crippen MR) is 159 cm³/mol. The van der Waals surface area contributed by atoms with Crippen LogP contribution < -0.4 is 0 Å². The number of ether oxygens (including phenoxy) is 3. The molecule has 0 aliphatic carbocycles. The lowest BCUT2D eigenvalue weighted by atomic mass is 10.1. The van der Waals surface area contributed by atoms with Gasteiger partial charge in [0.05, 0.1) is 22.8 Å². The number of aromatic nitrogens is 5. The van der Waals surface area contributed by atoms with Gasteiger partial charge in [-0.2, -0.15) is 5.10 Å². The fourth-order valence-electron chi connectivity index (χ4n) is 4.27. The number of nitrogens with zero attached hydrogens (tertiary/aromatic N) is 6. The molecule has 4 aromatic heterocycles. The molecule has 0 radical (unpaired) electrons. The number of rotatable bonds is 14. The average Bonchev–Trinajstić information content (AvgIpc) is 3.68. The third-order valence-corrected chi connectivity index (χ3v) is 8.93. The van der Waals surface area contributed by atoms with Crippen molar-refractivity contribution >= 4 is 30.4 Å². The van der Waals surface area contributed by atoms with Gasteiger partial charge in [0.1, 0.15) is 18.7 Å². The third-order valence-electron chi connectivity index (χ3n) is 6.26. The summed E-state index contributed by atoms with van der Waals surface area (Å²) in [6.07, 6.45) is 8.21. The summed E-state index contributed by atoms with van der Waals surface area (Å²) >= 11 is 1.67. The molecular weight excluding hydrogens is 548 g/mol. The number of hydrogen-bond donors (Lipinski definition) is 1. The lowest BCUT2D eigenvalue weighted by molar-refractivity contribution is -0.138. The first-order chi connectivity index (χ1) is 19.3. The Balaban J connectivity index is 0.00000141. The van der Waals surface area contributed by atoms with Crippen LogP contribution in [-0.4, -0.2) is 57.4 Å². The fourth-order valence-corrected chi connectivity index (χ4v) is 5.97. The summed E-state index contributed by atoms with van der Waals surface area (Å²) in [5.74, 6) is 0. The van der Waals surface area contributed by atoms with E-state index in [2.05, 4.69) is 60.2 Å². The summed E-state index contributed by atoms with van der Waals surface area (Å²) in [6, 6.07) is 5.51. The van der Waals surface area contributed by atoms with Crippen molar-refractivity contribution in [3.05, 3.63) is 57.8 Å². The number of thiophene rings is 1. The van der Waals surface area contributed by atoms with Crippen LogP contribution in [0.2, 0.25) is 25.7 Å². The second-order valence-electron chi connectivity index (χ2n) is 10.3. The molecule has 4 aromatic rings. The van der Waals surface area contributed by atoms with Crippen LogP contribution in [0.15, 0.2) is 47.8 Å². The first kappa shape index (κ1) is 31.6. The summed E-state index contributed by atoms with van der Waals surface area (Å²) in [7, 11) is -1.11. The lowest BCUT2D eigenvalue weighted by Crippen LogP contribution is -2.22. The van der Waals surface area contributed by atoms with Gasteiger partial charge in [-0.15, -0.1) is 16.2 Å².